The van der Waals surface area contributed by atoms with Gasteiger partial charge < -0.3 is 0 Å². The molecular formula is C30H34F3N2O4P. The number of aromatic nitrogens is 1. The minimum atomic E-state index is -4.85. The smallest absolute Gasteiger partial charge is 0.292 e. The molecule has 40 heavy (non-hydrogen) atoms. The number of halogens is 3. The van der Waals surface area contributed by atoms with E-state index < -0.39 is 32.3 Å². The SMILES string of the molecule is CCCCOP(=O)(OCc1ccccn1)N(CC(F)(F)F)C(=O)C1c2ccccc2-c2cccc(CCCC)c21. The van der Waals surface area contributed by atoms with Gasteiger partial charge in [-0.15, -0.1) is 0 Å². The Morgan fingerprint density at radius 3 is 2.38 bits per heavy atom. The number of aryl methyl sites for hydroxylation is 1. The molecule has 0 saturated heterocycles. The van der Waals surface area contributed by atoms with Crippen LogP contribution in [-0.4, -0.2) is 34.9 Å². The van der Waals surface area contributed by atoms with Crippen molar-refractivity contribution in [2.75, 3.05) is 13.2 Å². The van der Waals surface area contributed by atoms with E-state index >= 15 is 0 Å². The molecule has 0 N–H and O–H groups in total. The lowest BCUT2D eigenvalue weighted by molar-refractivity contribution is -0.154. The Hall–Kier alpha value is -3.00. The molecule has 10 heteroatoms. The van der Waals surface area contributed by atoms with Crippen LogP contribution >= 0.6 is 7.75 Å². The third kappa shape index (κ3) is 6.82. The third-order valence-corrected chi connectivity index (χ3v) is 8.72. The Bertz CT molecular complexity index is 1350. The number of fused-ring (bicyclic) bond motifs is 3. The average molecular weight is 575 g/mol. The highest BCUT2D eigenvalue weighted by Crippen LogP contribution is 2.57. The minimum Gasteiger partial charge on any atom is -0.292 e. The van der Waals surface area contributed by atoms with Gasteiger partial charge in [0.2, 0.25) is 5.91 Å². The second-order valence-electron chi connectivity index (χ2n) is 9.76. The number of alkyl halides is 3. The van der Waals surface area contributed by atoms with Crippen molar-refractivity contribution in [3.63, 3.8) is 0 Å². The van der Waals surface area contributed by atoms with E-state index in [1.807, 2.05) is 37.3 Å². The molecule has 0 fully saturated rings. The first-order valence-electron chi connectivity index (χ1n) is 13.6. The molecule has 0 spiro atoms. The van der Waals surface area contributed by atoms with E-state index in [2.05, 4.69) is 11.9 Å². The highest BCUT2D eigenvalue weighted by atomic mass is 31.2. The number of carbonyl (C=O) groups is 1. The predicted molar refractivity (Wildman–Crippen MR) is 148 cm³/mol. The number of pyridine rings is 1. The zero-order chi connectivity index (χ0) is 28.8. The number of hydrogen-bond donors (Lipinski definition) is 0. The van der Waals surface area contributed by atoms with Crippen molar-refractivity contribution in [3.05, 3.63) is 89.2 Å². The van der Waals surface area contributed by atoms with E-state index in [0.29, 0.717) is 40.8 Å². The zero-order valence-electron chi connectivity index (χ0n) is 22.7. The van der Waals surface area contributed by atoms with Crippen molar-refractivity contribution in [1.29, 1.82) is 0 Å². The van der Waals surface area contributed by atoms with Crippen LogP contribution in [0.3, 0.4) is 0 Å². The van der Waals surface area contributed by atoms with Gasteiger partial charge in [-0.05, 0) is 59.2 Å². The molecule has 0 bridgehead atoms. The van der Waals surface area contributed by atoms with E-state index in [4.69, 9.17) is 9.05 Å². The van der Waals surface area contributed by atoms with E-state index in [9.17, 15) is 22.5 Å². The molecule has 1 aliphatic rings. The lowest BCUT2D eigenvalue weighted by Gasteiger charge is -2.33. The van der Waals surface area contributed by atoms with E-state index in [0.717, 1.165) is 29.5 Å². The third-order valence-electron chi connectivity index (χ3n) is 6.83. The van der Waals surface area contributed by atoms with Gasteiger partial charge in [0.1, 0.15) is 13.2 Å². The minimum absolute atomic E-state index is 0.128. The van der Waals surface area contributed by atoms with Crippen molar-refractivity contribution < 1.29 is 31.6 Å². The quantitative estimate of drug-likeness (QED) is 0.153. The summed E-state index contributed by atoms with van der Waals surface area (Å²) in [7, 11) is -4.77. The molecule has 2 atom stereocenters. The van der Waals surface area contributed by atoms with Gasteiger partial charge in [-0.25, -0.2) is 9.24 Å². The summed E-state index contributed by atoms with van der Waals surface area (Å²) in [6.45, 7) is 1.63. The normalized spacial score (nSPS) is 15.8. The summed E-state index contributed by atoms with van der Waals surface area (Å²) in [6, 6.07) is 17.8. The number of nitrogens with zero attached hydrogens (tertiary/aromatic N) is 2. The molecule has 1 amide bonds. The summed E-state index contributed by atoms with van der Waals surface area (Å²) in [5.41, 5.74) is 4.03. The molecule has 0 aliphatic heterocycles. The van der Waals surface area contributed by atoms with Gasteiger partial charge in [-0.3, -0.25) is 18.8 Å². The number of unbranched alkanes of at least 4 members (excludes halogenated alkanes) is 2. The van der Waals surface area contributed by atoms with Gasteiger partial charge in [-0.2, -0.15) is 13.2 Å². The summed E-state index contributed by atoms with van der Waals surface area (Å²) >= 11 is 0. The number of benzene rings is 2. The lowest BCUT2D eigenvalue weighted by Crippen LogP contribution is -2.40. The molecule has 1 aromatic heterocycles. The maximum Gasteiger partial charge on any atom is 0.438 e. The average Bonchev–Trinajstić information content (AvgIpc) is 3.29. The second-order valence-corrected chi connectivity index (χ2v) is 11.7. The molecule has 1 aliphatic carbocycles. The maximum atomic E-state index is 14.3. The van der Waals surface area contributed by atoms with Crippen molar-refractivity contribution in [3.8, 4) is 11.1 Å². The lowest BCUT2D eigenvalue weighted by atomic mass is 9.90. The Morgan fingerprint density at radius 2 is 1.68 bits per heavy atom. The Labute approximate surface area is 233 Å². The molecule has 3 aromatic rings. The van der Waals surface area contributed by atoms with Crippen molar-refractivity contribution in [2.45, 2.75) is 64.7 Å². The van der Waals surface area contributed by atoms with Gasteiger partial charge in [-0.1, -0.05) is 75.2 Å². The topological polar surface area (TPSA) is 68.7 Å². The van der Waals surface area contributed by atoms with Crippen LogP contribution in [0, 0.1) is 0 Å². The fourth-order valence-electron chi connectivity index (χ4n) is 4.92. The van der Waals surface area contributed by atoms with Crippen LogP contribution in [0.4, 0.5) is 13.2 Å². The number of hydrogen-bond acceptors (Lipinski definition) is 5. The monoisotopic (exact) mass is 574 g/mol. The molecular weight excluding hydrogens is 540 g/mol. The molecule has 214 valence electrons. The molecule has 1 heterocycles. The van der Waals surface area contributed by atoms with Crippen molar-refractivity contribution >= 4 is 13.7 Å². The summed E-state index contributed by atoms with van der Waals surface area (Å²) in [5.74, 6) is -2.04. The Balaban J connectivity index is 1.80. The van der Waals surface area contributed by atoms with Gasteiger partial charge in [0.25, 0.3) is 0 Å². The van der Waals surface area contributed by atoms with Gasteiger partial charge in [0.05, 0.1) is 18.2 Å². The molecule has 6 nitrogen and oxygen atoms in total. The molecule has 2 aromatic carbocycles. The van der Waals surface area contributed by atoms with Crippen LogP contribution in [0.2, 0.25) is 0 Å². The molecule has 4 rings (SSSR count). The van der Waals surface area contributed by atoms with Crippen LogP contribution < -0.4 is 0 Å². The first-order chi connectivity index (χ1) is 19.2. The van der Waals surface area contributed by atoms with Gasteiger partial charge in [0.15, 0.2) is 0 Å². The van der Waals surface area contributed by atoms with E-state index in [1.54, 1.807) is 30.3 Å². The summed E-state index contributed by atoms with van der Waals surface area (Å²) in [5, 5.41) is 0. The van der Waals surface area contributed by atoms with Crippen molar-refractivity contribution in [2.24, 2.45) is 0 Å². The van der Waals surface area contributed by atoms with E-state index in [-0.39, 0.29) is 13.2 Å². The number of carbonyl (C=O) groups excluding carboxylic acids is 1. The largest absolute Gasteiger partial charge is 0.438 e. The van der Waals surface area contributed by atoms with Crippen LogP contribution in [0.5, 0.6) is 0 Å². The fourth-order valence-corrected chi connectivity index (χ4v) is 6.62. The van der Waals surface area contributed by atoms with Crippen LogP contribution in [0.25, 0.3) is 11.1 Å². The predicted octanol–water partition coefficient (Wildman–Crippen LogP) is 8.07. The Morgan fingerprint density at radius 1 is 0.950 bits per heavy atom. The summed E-state index contributed by atoms with van der Waals surface area (Å²) < 4.78 is 67.8. The number of rotatable bonds is 13. The first kappa shape index (κ1) is 30.0. The first-order valence-corrected chi connectivity index (χ1v) is 15.1. The molecule has 2 unspecified atom stereocenters. The second kappa shape index (κ2) is 13.1. The van der Waals surface area contributed by atoms with Gasteiger partial charge in [0, 0.05) is 6.20 Å². The molecule has 0 saturated carbocycles. The Kier molecular flexibility index (Phi) is 9.82. The summed E-state index contributed by atoms with van der Waals surface area (Å²) in [6.07, 6.45) is 0.153. The van der Waals surface area contributed by atoms with Crippen LogP contribution in [0.15, 0.2) is 66.9 Å². The highest BCUT2D eigenvalue weighted by molar-refractivity contribution is 7.52. The fraction of sp³-hybridized carbons (Fsp3) is 0.400. The molecule has 0 radical (unpaired) electrons. The highest BCUT2D eigenvalue weighted by Gasteiger charge is 2.49. The van der Waals surface area contributed by atoms with Crippen molar-refractivity contribution in [1.82, 2.24) is 9.65 Å². The van der Waals surface area contributed by atoms with Crippen LogP contribution in [0.1, 0.15) is 67.8 Å². The summed E-state index contributed by atoms with van der Waals surface area (Å²) in [4.78, 5) is 18.5. The van der Waals surface area contributed by atoms with Gasteiger partial charge >= 0.3 is 13.9 Å². The zero-order valence-corrected chi connectivity index (χ0v) is 23.6. The maximum absolute atomic E-state index is 14.3. The number of amides is 1. The van der Waals surface area contributed by atoms with Crippen LogP contribution in [-0.2, 0) is 31.4 Å². The standard InChI is InChI=1S/C30H34F3N2O4P/c1-3-5-12-22-13-11-17-25-24-15-7-8-16-26(24)28(27(22)25)29(36)35(21-30(31,32)33)40(37,38-19-6-4-2)39-20-23-14-9-10-18-34-23/h7-11,13-18,28H,3-6,12,19-21H2,1-2H3. The van der Waals surface area contributed by atoms with E-state index in [1.165, 1.54) is 6.20 Å².